The predicted octanol–water partition coefficient (Wildman–Crippen LogP) is 13.7. The van der Waals surface area contributed by atoms with Crippen LogP contribution in [0.3, 0.4) is 0 Å². The van der Waals surface area contributed by atoms with Crippen LogP contribution in [0.15, 0.2) is 230 Å². The Hall–Kier alpha value is -7.69. The number of hydrogen-bond donors (Lipinski definition) is 1. The van der Waals surface area contributed by atoms with Crippen LogP contribution >= 0.6 is 0 Å². The molecule has 4 heteroatoms. The van der Waals surface area contributed by atoms with Crippen LogP contribution in [0.5, 0.6) is 0 Å². The number of allylic oxidation sites excluding steroid dienone is 5. The number of fused-ring (bicyclic) bond motifs is 6. The monoisotopic (exact) mass is 796 g/mol. The Bertz CT molecular complexity index is 3010. The first-order valence-corrected chi connectivity index (χ1v) is 21.7. The second-order valence-electron chi connectivity index (χ2n) is 16.7. The number of benzene rings is 7. The van der Waals surface area contributed by atoms with Crippen molar-refractivity contribution in [2.45, 2.75) is 30.6 Å². The van der Waals surface area contributed by atoms with Crippen LogP contribution < -0.4 is 15.1 Å². The Morgan fingerprint density at radius 2 is 1.15 bits per heavy atom. The highest BCUT2D eigenvalue weighted by molar-refractivity contribution is 6.13. The zero-order valence-corrected chi connectivity index (χ0v) is 34.2. The van der Waals surface area contributed by atoms with Crippen LogP contribution in [0.25, 0.3) is 33.5 Å². The maximum atomic E-state index is 5.28. The van der Waals surface area contributed by atoms with Gasteiger partial charge in [0.05, 0.1) is 17.8 Å². The molecule has 7 aromatic rings. The molecule has 5 aliphatic rings. The molecule has 4 nitrogen and oxygen atoms in total. The average Bonchev–Trinajstić information content (AvgIpc) is 3.87. The third-order valence-electron chi connectivity index (χ3n) is 13.1. The lowest BCUT2D eigenvalue weighted by Gasteiger charge is -2.29. The van der Waals surface area contributed by atoms with Gasteiger partial charge in [-0.15, -0.1) is 0 Å². The predicted molar refractivity (Wildman–Crippen MR) is 258 cm³/mol. The smallest absolute Gasteiger partial charge is 0.145 e. The minimum absolute atomic E-state index is 0.202. The van der Waals surface area contributed by atoms with Crippen molar-refractivity contribution in [3.8, 4) is 22.3 Å². The molecule has 0 bridgehead atoms. The lowest BCUT2D eigenvalue weighted by atomic mass is 9.89. The minimum atomic E-state index is -0.202. The van der Waals surface area contributed by atoms with Crippen molar-refractivity contribution in [3.05, 3.63) is 252 Å². The van der Waals surface area contributed by atoms with Gasteiger partial charge < -0.3 is 15.1 Å². The molecule has 3 heterocycles. The quantitative estimate of drug-likeness (QED) is 0.174. The summed E-state index contributed by atoms with van der Waals surface area (Å²) in [5.74, 6) is 0.312. The molecule has 4 unspecified atom stereocenters. The summed E-state index contributed by atoms with van der Waals surface area (Å²) in [6.07, 6.45) is 18.9. The van der Waals surface area contributed by atoms with Crippen LogP contribution in [0.4, 0.5) is 22.7 Å². The third kappa shape index (κ3) is 6.26. The first-order chi connectivity index (χ1) is 30.7. The van der Waals surface area contributed by atoms with Crippen molar-refractivity contribution in [1.82, 2.24) is 5.32 Å². The van der Waals surface area contributed by atoms with E-state index in [4.69, 9.17) is 4.99 Å². The summed E-state index contributed by atoms with van der Waals surface area (Å²) in [7, 11) is 0. The molecule has 0 fully saturated rings. The Morgan fingerprint density at radius 3 is 1.94 bits per heavy atom. The summed E-state index contributed by atoms with van der Waals surface area (Å²) in [5.41, 5.74) is 19.3. The maximum Gasteiger partial charge on any atom is 0.145 e. The van der Waals surface area contributed by atoms with E-state index >= 15 is 0 Å². The number of rotatable bonds is 7. The summed E-state index contributed by atoms with van der Waals surface area (Å²) >= 11 is 0. The van der Waals surface area contributed by atoms with E-state index in [1.54, 1.807) is 0 Å². The normalized spacial score (nSPS) is 20.4. The van der Waals surface area contributed by atoms with Crippen molar-refractivity contribution in [3.63, 3.8) is 0 Å². The second kappa shape index (κ2) is 15.1. The number of aliphatic imine (C=N–C) groups is 1. The number of para-hydroxylation sites is 1. The fourth-order valence-electron chi connectivity index (χ4n) is 10.1. The molecule has 0 spiro atoms. The van der Waals surface area contributed by atoms with Gasteiger partial charge in [0.2, 0.25) is 0 Å². The molecular formula is C58H44N4. The molecule has 62 heavy (non-hydrogen) atoms. The van der Waals surface area contributed by atoms with E-state index in [1.165, 1.54) is 61.7 Å². The van der Waals surface area contributed by atoms with Crippen LogP contribution in [0.2, 0.25) is 0 Å². The molecule has 3 aliphatic heterocycles. The van der Waals surface area contributed by atoms with Gasteiger partial charge in [-0.2, -0.15) is 0 Å². The van der Waals surface area contributed by atoms with Crippen LogP contribution in [-0.4, -0.2) is 17.8 Å². The highest BCUT2D eigenvalue weighted by Gasteiger charge is 2.38. The molecule has 0 saturated heterocycles. The van der Waals surface area contributed by atoms with Crippen molar-refractivity contribution < 1.29 is 0 Å². The summed E-state index contributed by atoms with van der Waals surface area (Å²) in [6, 6.07) is 64.4. The molecular weight excluding hydrogens is 753 g/mol. The second-order valence-corrected chi connectivity index (χ2v) is 16.7. The van der Waals surface area contributed by atoms with Crippen molar-refractivity contribution in [1.29, 1.82) is 0 Å². The van der Waals surface area contributed by atoms with Crippen molar-refractivity contribution >= 4 is 39.7 Å². The van der Waals surface area contributed by atoms with Gasteiger partial charge in [0, 0.05) is 39.9 Å². The standard InChI is InChI=1S/C58H44N4/c1-4-14-39(15-5-1)40-24-26-41(27-25-40)52-38-53(60-58(59-52)43-16-6-2-7-17-43)42-28-32-47(33-29-42)62-55-23-13-11-21-49(55)51-37-45(31-35-57(51)62)44-30-34-56-50(36-44)48-20-10-12-22-54(48)61(56)46-18-8-3-9-19-46/h1-22,24-38,48,54-55,58-59H,23H2. The Balaban J connectivity index is 0.866. The first kappa shape index (κ1) is 36.2. The van der Waals surface area contributed by atoms with E-state index < -0.39 is 0 Å². The summed E-state index contributed by atoms with van der Waals surface area (Å²) in [6.45, 7) is 0. The van der Waals surface area contributed by atoms with Crippen LogP contribution in [0.1, 0.15) is 46.3 Å². The number of nitrogens with one attached hydrogen (secondary N) is 1. The highest BCUT2D eigenvalue weighted by atomic mass is 15.2. The lowest BCUT2D eigenvalue weighted by molar-refractivity contribution is 0.664. The van der Waals surface area contributed by atoms with Crippen molar-refractivity contribution in [2.75, 3.05) is 9.80 Å². The van der Waals surface area contributed by atoms with Gasteiger partial charge in [-0.1, -0.05) is 170 Å². The Morgan fingerprint density at radius 1 is 0.516 bits per heavy atom. The van der Waals surface area contributed by atoms with E-state index in [-0.39, 0.29) is 18.2 Å². The molecule has 2 aliphatic carbocycles. The van der Waals surface area contributed by atoms with Gasteiger partial charge in [-0.05, 0) is 111 Å². The highest BCUT2D eigenvalue weighted by Crippen LogP contribution is 2.51. The van der Waals surface area contributed by atoms with Gasteiger partial charge in [0.15, 0.2) is 0 Å². The Labute approximate surface area is 363 Å². The number of anilines is 4. The zero-order valence-electron chi connectivity index (χ0n) is 34.2. The topological polar surface area (TPSA) is 30.9 Å². The first-order valence-electron chi connectivity index (χ1n) is 21.7. The van der Waals surface area contributed by atoms with Gasteiger partial charge in [0.25, 0.3) is 0 Å². The maximum absolute atomic E-state index is 5.28. The molecule has 12 rings (SSSR count). The SMILES string of the molecule is C1=CCC2C(=C1)c1cc(-c3ccc4c(c3)C3C=CC=CC3N4c3ccccc3)ccc1N2c1ccc(C2=NC(c3ccccc3)NC(c3ccc(-c4ccccc4)cc3)=C2)cc1. The fourth-order valence-corrected chi connectivity index (χ4v) is 10.1. The van der Waals surface area contributed by atoms with E-state index in [0.29, 0.717) is 5.92 Å². The average molecular weight is 797 g/mol. The third-order valence-corrected chi connectivity index (χ3v) is 13.1. The van der Waals surface area contributed by atoms with Gasteiger partial charge >= 0.3 is 0 Å². The molecule has 0 saturated carbocycles. The largest absolute Gasteiger partial charge is 0.360 e. The fraction of sp³-hybridized carbons (Fsp3) is 0.0862. The molecule has 0 amide bonds. The number of nitrogens with zero attached hydrogens (tertiary/aromatic N) is 3. The summed E-state index contributed by atoms with van der Waals surface area (Å²) in [4.78, 5) is 10.3. The minimum Gasteiger partial charge on any atom is -0.360 e. The van der Waals surface area contributed by atoms with Gasteiger partial charge in [-0.3, -0.25) is 4.99 Å². The molecule has 4 atom stereocenters. The molecule has 296 valence electrons. The molecule has 7 aromatic carbocycles. The lowest BCUT2D eigenvalue weighted by Crippen LogP contribution is -2.28. The van der Waals surface area contributed by atoms with E-state index in [0.717, 1.165) is 34.5 Å². The zero-order chi connectivity index (χ0) is 41.0. The Kier molecular flexibility index (Phi) is 8.81. The van der Waals surface area contributed by atoms with Crippen molar-refractivity contribution in [2.24, 2.45) is 4.99 Å². The summed E-state index contributed by atoms with van der Waals surface area (Å²) < 4.78 is 0. The van der Waals surface area contributed by atoms with E-state index in [1.807, 2.05) is 0 Å². The molecule has 1 N–H and O–H groups in total. The number of hydrogen-bond acceptors (Lipinski definition) is 4. The molecule has 0 aromatic heterocycles. The van der Waals surface area contributed by atoms with E-state index in [9.17, 15) is 0 Å². The van der Waals surface area contributed by atoms with Gasteiger partial charge in [0.1, 0.15) is 6.17 Å². The molecule has 0 radical (unpaired) electrons. The summed E-state index contributed by atoms with van der Waals surface area (Å²) in [5, 5.41) is 3.74. The van der Waals surface area contributed by atoms with Crippen LogP contribution in [-0.2, 0) is 0 Å². The van der Waals surface area contributed by atoms with Crippen LogP contribution in [0, 0.1) is 0 Å². The van der Waals surface area contributed by atoms with E-state index in [2.05, 4.69) is 240 Å². The van der Waals surface area contributed by atoms with Gasteiger partial charge in [-0.25, -0.2) is 0 Å².